The molecule has 2 N–H and O–H groups in total. The molecule has 0 unspecified atom stereocenters. The molecule has 0 spiro atoms. The molecule has 2 aromatic carbocycles. The third-order valence-electron chi connectivity index (χ3n) is 3.63. The Hall–Kier alpha value is -2.69. The zero-order chi connectivity index (χ0) is 17.5. The van der Waals surface area contributed by atoms with Gasteiger partial charge in [-0.25, -0.2) is 4.39 Å². The van der Waals surface area contributed by atoms with Crippen molar-refractivity contribution in [1.82, 2.24) is 0 Å². The van der Waals surface area contributed by atoms with Crippen LogP contribution in [0, 0.1) is 5.82 Å². The zero-order valence-corrected chi connectivity index (χ0v) is 13.9. The van der Waals surface area contributed by atoms with Gasteiger partial charge in [-0.2, -0.15) is 0 Å². The molecule has 0 fully saturated rings. The summed E-state index contributed by atoms with van der Waals surface area (Å²) in [6, 6.07) is 12.3. The lowest BCUT2D eigenvalue weighted by atomic mass is 10.1. The quantitative estimate of drug-likeness (QED) is 0.844. The van der Waals surface area contributed by atoms with Gasteiger partial charge in [0.1, 0.15) is 5.82 Å². The van der Waals surface area contributed by atoms with Gasteiger partial charge in [-0.3, -0.25) is 9.59 Å². The van der Waals surface area contributed by atoms with Crippen molar-refractivity contribution in [2.45, 2.75) is 33.1 Å². The summed E-state index contributed by atoms with van der Waals surface area (Å²) in [6.07, 6.45) is 1.95. The van der Waals surface area contributed by atoms with Gasteiger partial charge in [-0.05, 0) is 42.2 Å². The van der Waals surface area contributed by atoms with Crippen LogP contribution in [0.2, 0.25) is 0 Å². The summed E-state index contributed by atoms with van der Waals surface area (Å²) in [7, 11) is 0. The molecule has 2 aromatic rings. The third kappa shape index (κ3) is 5.19. The van der Waals surface area contributed by atoms with E-state index in [-0.39, 0.29) is 17.5 Å². The van der Waals surface area contributed by atoms with Gasteiger partial charge in [-0.1, -0.05) is 31.2 Å². The Labute approximate surface area is 141 Å². The second-order valence-electron chi connectivity index (χ2n) is 5.59. The second kappa shape index (κ2) is 8.24. The van der Waals surface area contributed by atoms with Crippen molar-refractivity contribution in [2.24, 2.45) is 0 Å². The highest BCUT2D eigenvalue weighted by Crippen LogP contribution is 2.20. The zero-order valence-electron chi connectivity index (χ0n) is 13.9. The Bertz CT molecular complexity index is 727. The van der Waals surface area contributed by atoms with Crippen LogP contribution in [0.15, 0.2) is 42.5 Å². The van der Waals surface area contributed by atoms with Gasteiger partial charge in [0.25, 0.3) is 0 Å². The maximum Gasteiger partial charge on any atom is 0.224 e. The van der Waals surface area contributed by atoms with Crippen LogP contribution in [0.5, 0.6) is 0 Å². The maximum atomic E-state index is 13.6. The fourth-order valence-corrected chi connectivity index (χ4v) is 2.31. The van der Waals surface area contributed by atoms with Crippen LogP contribution >= 0.6 is 0 Å². The molecule has 0 atom stereocenters. The topological polar surface area (TPSA) is 58.2 Å². The van der Waals surface area contributed by atoms with Crippen molar-refractivity contribution < 1.29 is 14.0 Å². The number of rotatable bonds is 6. The number of aryl methyl sites for hydroxylation is 2. The van der Waals surface area contributed by atoms with Crippen LogP contribution in [0.4, 0.5) is 15.8 Å². The number of carbonyl (C=O) groups excluding carboxylic acids is 2. The van der Waals surface area contributed by atoms with Crippen molar-refractivity contribution in [3.05, 3.63) is 59.4 Å². The monoisotopic (exact) mass is 328 g/mol. The number of benzene rings is 2. The lowest BCUT2D eigenvalue weighted by molar-refractivity contribution is -0.116. The molecule has 2 rings (SSSR count). The lowest BCUT2D eigenvalue weighted by Gasteiger charge is -2.09. The number of amides is 2. The van der Waals surface area contributed by atoms with E-state index in [0.717, 1.165) is 12.0 Å². The average molecular weight is 328 g/mol. The minimum absolute atomic E-state index is 0.0513. The summed E-state index contributed by atoms with van der Waals surface area (Å²) in [5.74, 6) is -1.07. The Balaban J connectivity index is 1.92. The van der Waals surface area contributed by atoms with Crippen molar-refractivity contribution >= 4 is 23.2 Å². The van der Waals surface area contributed by atoms with Gasteiger partial charge < -0.3 is 10.6 Å². The predicted octanol–water partition coefficient (Wildman–Crippen LogP) is 3.92. The van der Waals surface area contributed by atoms with Crippen LogP contribution in [0.25, 0.3) is 0 Å². The van der Waals surface area contributed by atoms with Crippen LogP contribution in [-0.4, -0.2) is 11.8 Å². The molecule has 2 amide bonds. The Morgan fingerprint density at radius 1 is 1.00 bits per heavy atom. The van der Waals surface area contributed by atoms with Crippen LogP contribution < -0.4 is 10.6 Å². The normalized spacial score (nSPS) is 10.3. The van der Waals surface area contributed by atoms with E-state index in [1.807, 2.05) is 12.1 Å². The summed E-state index contributed by atoms with van der Waals surface area (Å²) in [5.41, 5.74) is 2.86. The standard InChI is InChI=1S/C19H21FN2O2/c1-3-14-4-6-15(7-5-14)8-11-19(24)22-16-9-10-17(20)18(12-16)21-13(2)23/h4-7,9-10,12H,3,8,11H2,1-2H3,(H,21,23)(H,22,24). The predicted molar refractivity (Wildman–Crippen MR) is 93.5 cm³/mol. The molecule has 0 saturated heterocycles. The summed E-state index contributed by atoms with van der Waals surface area (Å²) >= 11 is 0. The van der Waals surface area contributed by atoms with E-state index in [1.54, 1.807) is 0 Å². The highest BCUT2D eigenvalue weighted by atomic mass is 19.1. The first-order valence-corrected chi connectivity index (χ1v) is 7.92. The minimum atomic E-state index is -0.542. The SMILES string of the molecule is CCc1ccc(CCC(=O)Nc2ccc(F)c(NC(C)=O)c2)cc1. The molecule has 126 valence electrons. The van der Waals surface area contributed by atoms with Crippen molar-refractivity contribution in [1.29, 1.82) is 0 Å². The van der Waals surface area contributed by atoms with E-state index in [2.05, 4.69) is 29.7 Å². The summed E-state index contributed by atoms with van der Waals surface area (Å²) in [5, 5.41) is 5.11. The Kier molecular flexibility index (Phi) is 6.07. The van der Waals surface area contributed by atoms with Gasteiger partial charge in [0, 0.05) is 19.0 Å². The number of hydrogen-bond acceptors (Lipinski definition) is 2. The fourth-order valence-electron chi connectivity index (χ4n) is 2.31. The van der Waals surface area contributed by atoms with Crippen molar-refractivity contribution in [3.63, 3.8) is 0 Å². The largest absolute Gasteiger partial charge is 0.326 e. The van der Waals surface area contributed by atoms with Crippen LogP contribution in [0.3, 0.4) is 0 Å². The van der Waals surface area contributed by atoms with Gasteiger partial charge in [0.2, 0.25) is 11.8 Å². The minimum Gasteiger partial charge on any atom is -0.326 e. The lowest BCUT2D eigenvalue weighted by Crippen LogP contribution is -2.13. The van der Waals surface area contributed by atoms with E-state index >= 15 is 0 Å². The number of halogens is 1. The number of anilines is 2. The Morgan fingerprint density at radius 2 is 1.67 bits per heavy atom. The van der Waals surface area contributed by atoms with E-state index in [1.165, 1.54) is 30.7 Å². The molecule has 5 heteroatoms. The molecule has 0 aliphatic carbocycles. The molecule has 0 bridgehead atoms. The molecule has 0 aliphatic heterocycles. The van der Waals surface area contributed by atoms with Gasteiger partial charge in [0.05, 0.1) is 5.69 Å². The van der Waals surface area contributed by atoms with Crippen LogP contribution in [0.1, 0.15) is 31.4 Å². The molecule has 24 heavy (non-hydrogen) atoms. The average Bonchev–Trinajstić information content (AvgIpc) is 2.56. The third-order valence-corrected chi connectivity index (χ3v) is 3.63. The maximum absolute atomic E-state index is 13.6. The van der Waals surface area contributed by atoms with Crippen LogP contribution in [-0.2, 0) is 22.4 Å². The van der Waals surface area contributed by atoms with Crippen molar-refractivity contribution in [2.75, 3.05) is 10.6 Å². The molecule has 4 nitrogen and oxygen atoms in total. The molecule has 0 aromatic heterocycles. The first-order chi connectivity index (χ1) is 11.5. The molecule has 0 saturated carbocycles. The Morgan fingerprint density at radius 3 is 2.29 bits per heavy atom. The number of nitrogens with one attached hydrogen (secondary N) is 2. The number of hydrogen-bond donors (Lipinski definition) is 2. The summed E-state index contributed by atoms with van der Waals surface area (Å²) < 4.78 is 13.6. The van der Waals surface area contributed by atoms with E-state index in [0.29, 0.717) is 18.5 Å². The van der Waals surface area contributed by atoms with E-state index in [4.69, 9.17) is 0 Å². The highest BCUT2D eigenvalue weighted by molar-refractivity contribution is 5.93. The summed E-state index contributed by atoms with van der Waals surface area (Å²) in [6.45, 7) is 3.40. The molecular weight excluding hydrogens is 307 g/mol. The fraction of sp³-hybridized carbons (Fsp3) is 0.263. The first kappa shape index (κ1) is 17.7. The van der Waals surface area contributed by atoms with E-state index < -0.39 is 5.82 Å². The highest BCUT2D eigenvalue weighted by Gasteiger charge is 2.08. The van der Waals surface area contributed by atoms with Gasteiger partial charge >= 0.3 is 0 Å². The molecular formula is C19H21FN2O2. The number of carbonyl (C=O) groups is 2. The van der Waals surface area contributed by atoms with Crippen molar-refractivity contribution in [3.8, 4) is 0 Å². The van der Waals surface area contributed by atoms with E-state index in [9.17, 15) is 14.0 Å². The van der Waals surface area contributed by atoms with Gasteiger partial charge in [-0.15, -0.1) is 0 Å². The van der Waals surface area contributed by atoms with Gasteiger partial charge in [0.15, 0.2) is 0 Å². The smallest absolute Gasteiger partial charge is 0.224 e. The first-order valence-electron chi connectivity index (χ1n) is 7.92. The summed E-state index contributed by atoms with van der Waals surface area (Å²) in [4.78, 5) is 23.1. The molecule has 0 aliphatic rings. The molecule has 0 radical (unpaired) electrons. The molecule has 0 heterocycles. The second-order valence-corrected chi connectivity index (χ2v) is 5.59.